The van der Waals surface area contributed by atoms with Crippen molar-refractivity contribution in [1.29, 1.82) is 0 Å². The Morgan fingerprint density at radius 3 is 2.19 bits per heavy atom. The number of methoxy groups -OCH3 is 2. The molecule has 160 valence electrons. The van der Waals surface area contributed by atoms with Gasteiger partial charge in [-0.1, -0.05) is 42.0 Å². The minimum Gasteiger partial charge on any atom is -0.497 e. The van der Waals surface area contributed by atoms with Gasteiger partial charge in [0.05, 0.1) is 14.2 Å². The van der Waals surface area contributed by atoms with Crippen LogP contribution in [0.4, 0.5) is 0 Å². The highest BCUT2D eigenvalue weighted by atomic mass is 16.5. The first kappa shape index (κ1) is 21.0. The van der Waals surface area contributed by atoms with Crippen LogP contribution in [0.25, 0.3) is 0 Å². The van der Waals surface area contributed by atoms with Crippen LogP contribution in [0.2, 0.25) is 0 Å². The van der Waals surface area contributed by atoms with Crippen LogP contribution < -0.4 is 4.74 Å². The summed E-state index contributed by atoms with van der Waals surface area (Å²) in [5.74, 6) is -0.418. The fourth-order valence-corrected chi connectivity index (χ4v) is 4.74. The third-order valence-electron chi connectivity index (χ3n) is 6.37. The van der Waals surface area contributed by atoms with Gasteiger partial charge in [-0.2, -0.15) is 0 Å². The summed E-state index contributed by atoms with van der Waals surface area (Å²) in [5.41, 5.74) is 5.31. The number of Topliss-reactive ketones (excluding diaryl/α,β-unsaturated/α-hetero) is 1. The summed E-state index contributed by atoms with van der Waals surface area (Å²) in [6, 6.07) is 15.9. The zero-order valence-corrected chi connectivity index (χ0v) is 18.3. The molecular formula is C26H27NO4. The highest BCUT2D eigenvalue weighted by molar-refractivity contribution is 6.09. The van der Waals surface area contributed by atoms with Crippen molar-refractivity contribution in [1.82, 2.24) is 0 Å². The predicted molar refractivity (Wildman–Crippen MR) is 120 cm³/mol. The average Bonchev–Trinajstić information content (AvgIpc) is 2.78. The topological polar surface area (TPSA) is 65.0 Å². The van der Waals surface area contributed by atoms with E-state index in [0.29, 0.717) is 24.1 Å². The number of rotatable bonds is 4. The van der Waals surface area contributed by atoms with Gasteiger partial charge in [0.2, 0.25) is 0 Å². The summed E-state index contributed by atoms with van der Waals surface area (Å²) in [6.07, 6.45) is 1.07. The second-order valence-electron chi connectivity index (χ2n) is 8.30. The van der Waals surface area contributed by atoms with Gasteiger partial charge in [0.25, 0.3) is 0 Å². The molecule has 0 aromatic heterocycles. The maximum Gasteiger partial charge on any atom is 0.315 e. The third-order valence-corrected chi connectivity index (χ3v) is 6.37. The van der Waals surface area contributed by atoms with Crippen molar-refractivity contribution in [3.8, 4) is 5.75 Å². The molecule has 31 heavy (non-hydrogen) atoms. The van der Waals surface area contributed by atoms with Crippen molar-refractivity contribution >= 4 is 17.5 Å². The van der Waals surface area contributed by atoms with E-state index in [2.05, 4.69) is 0 Å². The standard InChI is InChI=1S/C26H27NO4/c1-15-5-7-18(8-6-15)24-23(26(29)31-4)16(2)27-21-13-19(14-22(28)25(21)24)17-9-11-20(30-3)12-10-17/h5-12,19,23-24H,13-14H2,1-4H3. The number of esters is 1. The Hall–Kier alpha value is -3.21. The molecule has 2 aromatic rings. The highest BCUT2D eigenvalue weighted by Gasteiger charge is 2.44. The molecular weight excluding hydrogens is 390 g/mol. The minimum absolute atomic E-state index is 0.0535. The maximum absolute atomic E-state index is 13.4. The van der Waals surface area contributed by atoms with Crippen LogP contribution in [0, 0.1) is 12.8 Å². The van der Waals surface area contributed by atoms with Crippen molar-refractivity contribution in [2.75, 3.05) is 14.2 Å². The Bertz CT molecular complexity index is 1060. The van der Waals surface area contributed by atoms with Crippen LogP contribution >= 0.6 is 0 Å². The van der Waals surface area contributed by atoms with Gasteiger partial charge in [0, 0.05) is 29.3 Å². The van der Waals surface area contributed by atoms with Gasteiger partial charge in [-0.15, -0.1) is 0 Å². The van der Waals surface area contributed by atoms with Gasteiger partial charge in [0.15, 0.2) is 5.78 Å². The lowest BCUT2D eigenvalue weighted by molar-refractivity contribution is -0.143. The van der Waals surface area contributed by atoms with E-state index in [1.807, 2.05) is 62.4 Å². The van der Waals surface area contributed by atoms with E-state index in [9.17, 15) is 9.59 Å². The van der Waals surface area contributed by atoms with Crippen LogP contribution in [0.1, 0.15) is 48.3 Å². The van der Waals surface area contributed by atoms with Gasteiger partial charge < -0.3 is 9.47 Å². The molecule has 5 nitrogen and oxygen atoms in total. The van der Waals surface area contributed by atoms with Crippen molar-refractivity contribution in [3.63, 3.8) is 0 Å². The normalized spacial score (nSPS) is 23.2. The Balaban J connectivity index is 1.77. The van der Waals surface area contributed by atoms with Crippen LogP contribution in [-0.2, 0) is 14.3 Å². The molecule has 2 aliphatic rings. The second kappa shape index (κ2) is 8.50. The van der Waals surface area contributed by atoms with Gasteiger partial charge in [-0.25, -0.2) is 0 Å². The largest absolute Gasteiger partial charge is 0.497 e. The average molecular weight is 418 g/mol. The molecule has 0 saturated heterocycles. The zero-order valence-electron chi connectivity index (χ0n) is 18.3. The number of carbonyl (C=O) groups excluding carboxylic acids is 2. The van der Waals surface area contributed by atoms with Crippen molar-refractivity contribution in [3.05, 3.63) is 76.5 Å². The zero-order chi connectivity index (χ0) is 22.1. The van der Waals surface area contributed by atoms with Crippen molar-refractivity contribution < 1.29 is 19.1 Å². The van der Waals surface area contributed by atoms with Crippen LogP contribution in [0.5, 0.6) is 5.75 Å². The molecule has 0 radical (unpaired) electrons. The molecule has 0 N–H and O–H groups in total. The minimum atomic E-state index is -0.590. The summed E-state index contributed by atoms with van der Waals surface area (Å²) in [5, 5.41) is 0. The van der Waals surface area contributed by atoms with Gasteiger partial charge in [-0.3, -0.25) is 14.6 Å². The first-order valence-electron chi connectivity index (χ1n) is 10.5. The number of allylic oxidation sites excluding steroid dienone is 2. The van der Waals surface area contributed by atoms with Crippen LogP contribution in [0.3, 0.4) is 0 Å². The number of hydrogen-bond acceptors (Lipinski definition) is 5. The molecule has 0 fully saturated rings. The molecule has 0 spiro atoms. The van der Waals surface area contributed by atoms with E-state index >= 15 is 0 Å². The van der Waals surface area contributed by atoms with Gasteiger partial charge >= 0.3 is 5.97 Å². The molecule has 5 heteroatoms. The number of aliphatic imine (C=N–C) groups is 1. The van der Waals surface area contributed by atoms with E-state index in [0.717, 1.165) is 28.1 Å². The number of nitrogens with zero attached hydrogens (tertiary/aromatic N) is 1. The van der Waals surface area contributed by atoms with Crippen LogP contribution in [-0.4, -0.2) is 31.7 Å². The number of hydrogen-bond donors (Lipinski definition) is 0. The number of ketones is 1. The lowest BCUT2D eigenvalue weighted by Gasteiger charge is -2.36. The predicted octanol–water partition coefficient (Wildman–Crippen LogP) is 4.75. The molecule has 0 amide bonds. The number of carbonyl (C=O) groups is 2. The third kappa shape index (κ3) is 3.92. The molecule has 1 aliphatic heterocycles. The first-order valence-corrected chi connectivity index (χ1v) is 10.5. The van der Waals surface area contributed by atoms with E-state index < -0.39 is 5.92 Å². The monoisotopic (exact) mass is 417 g/mol. The van der Waals surface area contributed by atoms with E-state index in [4.69, 9.17) is 14.5 Å². The Morgan fingerprint density at radius 2 is 1.58 bits per heavy atom. The molecule has 2 aromatic carbocycles. The summed E-state index contributed by atoms with van der Waals surface area (Å²) in [7, 11) is 3.02. The maximum atomic E-state index is 13.4. The molecule has 0 bridgehead atoms. The molecule has 4 rings (SSSR count). The summed E-state index contributed by atoms with van der Waals surface area (Å²) < 4.78 is 10.3. The highest BCUT2D eigenvalue weighted by Crippen LogP contribution is 2.46. The lowest BCUT2D eigenvalue weighted by Crippen LogP contribution is -2.37. The number of benzene rings is 2. The molecule has 3 unspecified atom stereocenters. The first-order chi connectivity index (χ1) is 14.9. The molecule has 1 heterocycles. The van der Waals surface area contributed by atoms with Crippen LogP contribution in [0.15, 0.2) is 64.8 Å². The van der Waals surface area contributed by atoms with Crippen molar-refractivity contribution in [2.45, 2.75) is 38.5 Å². The van der Waals surface area contributed by atoms with Gasteiger partial charge in [0.1, 0.15) is 11.7 Å². The molecule has 0 saturated carbocycles. The summed E-state index contributed by atoms with van der Waals surface area (Å²) in [6.45, 7) is 3.87. The number of aryl methyl sites for hydroxylation is 1. The van der Waals surface area contributed by atoms with E-state index in [1.54, 1.807) is 7.11 Å². The van der Waals surface area contributed by atoms with Gasteiger partial charge in [-0.05, 0) is 49.4 Å². The lowest BCUT2D eigenvalue weighted by atomic mass is 9.69. The molecule has 3 atom stereocenters. The fraction of sp³-hybridized carbons (Fsp3) is 0.346. The fourth-order valence-electron chi connectivity index (χ4n) is 4.74. The number of ether oxygens (including phenoxy) is 2. The SMILES string of the molecule is COC(=O)C1C(C)=NC2=C(C(=O)CC(c3ccc(OC)cc3)C2)C1c1ccc(C)cc1. The van der Waals surface area contributed by atoms with E-state index in [-0.39, 0.29) is 23.6 Å². The summed E-state index contributed by atoms with van der Waals surface area (Å²) >= 11 is 0. The van der Waals surface area contributed by atoms with Crippen molar-refractivity contribution in [2.24, 2.45) is 10.9 Å². The Kier molecular flexibility index (Phi) is 5.77. The smallest absolute Gasteiger partial charge is 0.315 e. The quantitative estimate of drug-likeness (QED) is 0.674. The Labute approximate surface area is 182 Å². The Morgan fingerprint density at radius 1 is 0.935 bits per heavy atom. The molecule has 1 aliphatic carbocycles. The summed E-state index contributed by atoms with van der Waals surface area (Å²) in [4.78, 5) is 30.9. The second-order valence-corrected chi connectivity index (χ2v) is 8.30. The van der Waals surface area contributed by atoms with E-state index in [1.165, 1.54) is 7.11 Å².